The molecule has 0 aliphatic heterocycles. The van der Waals surface area contributed by atoms with E-state index in [9.17, 15) is 8.42 Å². The maximum Gasteiger partial charge on any atom is 0.254 e. The first-order valence-electron chi connectivity index (χ1n) is 2.28. The van der Waals surface area contributed by atoms with Crippen LogP contribution in [0.3, 0.4) is 0 Å². The molecular formula is C5H9NO2S. The summed E-state index contributed by atoms with van der Waals surface area (Å²) in [5.74, 6) is 0. The number of hydrogen-bond acceptors (Lipinski definition) is 2. The molecule has 0 radical (unpaired) electrons. The number of allylic oxidation sites excluding steroid dienone is 1. The summed E-state index contributed by atoms with van der Waals surface area (Å²) in [7, 11) is -3.30. The molecule has 1 N–H and O–H groups in total. The average Bonchev–Trinajstić information content (AvgIpc) is 1.63. The lowest BCUT2D eigenvalue weighted by Gasteiger charge is -1.99. The highest BCUT2D eigenvalue weighted by molar-refractivity contribution is 7.92. The fraction of sp³-hybridized carbons (Fsp3) is 0.200. The molecule has 0 spiro atoms. The van der Waals surface area contributed by atoms with Gasteiger partial charge >= 0.3 is 0 Å². The molecule has 0 saturated carbocycles. The molecule has 52 valence electrons. The molecule has 9 heavy (non-hydrogen) atoms. The minimum atomic E-state index is -3.30. The summed E-state index contributed by atoms with van der Waals surface area (Å²) in [5.41, 5.74) is 0.384. The van der Waals surface area contributed by atoms with Crippen molar-refractivity contribution < 1.29 is 8.42 Å². The van der Waals surface area contributed by atoms with Crippen LogP contribution in [0, 0.1) is 0 Å². The van der Waals surface area contributed by atoms with Crippen LogP contribution in [-0.4, -0.2) is 8.42 Å². The second kappa shape index (κ2) is 2.68. The molecule has 0 aliphatic rings. The third kappa shape index (κ3) is 3.78. The van der Waals surface area contributed by atoms with E-state index in [1.807, 2.05) is 0 Å². The largest absolute Gasteiger partial charge is 0.285 e. The lowest BCUT2D eigenvalue weighted by molar-refractivity contribution is 0.598. The average molecular weight is 147 g/mol. The van der Waals surface area contributed by atoms with Gasteiger partial charge in [-0.15, -0.1) is 0 Å². The minimum Gasteiger partial charge on any atom is -0.285 e. The molecule has 0 aromatic heterocycles. The maximum absolute atomic E-state index is 10.5. The van der Waals surface area contributed by atoms with Gasteiger partial charge in [0, 0.05) is 11.1 Å². The lowest BCUT2D eigenvalue weighted by Crippen LogP contribution is -2.17. The van der Waals surface area contributed by atoms with E-state index in [0.29, 0.717) is 5.70 Å². The van der Waals surface area contributed by atoms with Gasteiger partial charge in [0.2, 0.25) is 0 Å². The van der Waals surface area contributed by atoms with E-state index in [4.69, 9.17) is 0 Å². The SMILES string of the molecule is C=CS(=O)(=O)NC(=C)C. The second-order valence-corrected chi connectivity index (χ2v) is 3.22. The fourth-order valence-corrected chi connectivity index (χ4v) is 0.854. The molecule has 0 heterocycles. The van der Waals surface area contributed by atoms with Crippen LogP contribution in [0.1, 0.15) is 6.92 Å². The van der Waals surface area contributed by atoms with Crippen molar-refractivity contribution in [1.82, 2.24) is 4.72 Å². The van der Waals surface area contributed by atoms with Gasteiger partial charge in [-0.1, -0.05) is 13.2 Å². The topological polar surface area (TPSA) is 46.2 Å². The van der Waals surface area contributed by atoms with Crippen molar-refractivity contribution in [3.8, 4) is 0 Å². The van der Waals surface area contributed by atoms with Crippen molar-refractivity contribution >= 4 is 10.0 Å². The molecule has 0 rings (SSSR count). The Bertz CT molecular complexity index is 215. The zero-order valence-corrected chi connectivity index (χ0v) is 6.03. The molecule has 0 atom stereocenters. The van der Waals surface area contributed by atoms with Crippen LogP contribution in [0.2, 0.25) is 0 Å². The smallest absolute Gasteiger partial charge is 0.254 e. The Morgan fingerprint density at radius 2 is 2.11 bits per heavy atom. The molecule has 0 saturated heterocycles. The number of sulfonamides is 1. The van der Waals surface area contributed by atoms with Gasteiger partial charge in [-0.3, -0.25) is 4.72 Å². The van der Waals surface area contributed by atoms with Crippen LogP contribution in [0.4, 0.5) is 0 Å². The standard InChI is InChI=1S/C5H9NO2S/c1-4-9(7,8)6-5(2)3/h4,6H,1-2H2,3H3. The first-order chi connectivity index (χ1) is 3.98. The molecule has 0 bridgehead atoms. The summed E-state index contributed by atoms with van der Waals surface area (Å²) < 4.78 is 23.2. The van der Waals surface area contributed by atoms with E-state index in [2.05, 4.69) is 17.9 Å². The van der Waals surface area contributed by atoms with Crippen LogP contribution >= 0.6 is 0 Å². The van der Waals surface area contributed by atoms with Gasteiger partial charge < -0.3 is 0 Å². The normalized spacial score (nSPS) is 10.3. The van der Waals surface area contributed by atoms with Gasteiger partial charge in [0.25, 0.3) is 10.0 Å². The van der Waals surface area contributed by atoms with Crippen LogP contribution in [0.5, 0.6) is 0 Å². The third-order valence-electron chi connectivity index (χ3n) is 0.536. The first kappa shape index (κ1) is 8.23. The van der Waals surface area contributed by atoms with Crippen molar-refractivity contribution in [2.75, 3.05) is 0 Å². The Balaban J connectivity index is 4.23. The van der Waals surface area contributed by atoms with Crippen LogP contribution in [-0.2, 0) is 10.0 Å². The summed E-state index contributed by atoms with van der Waals surface area (Å²) in [4.78, 5) is 0. The minimum absolute atomic E-state index is 0.384. The van der Waals surface area contributed by atoms with Crippen LogP contribution < -0.4 is 4.72 Å². The van der Waals surface area contributed by atoms with Crippen molar-refractivity contribution in [2.45, 2.75) is 6.92 Å². The van der Waals surface area contributed by atoms with Gasteiger partial charge in [-0.2, -0.15) is 0 Å². The van der Waals surface area contributed by atoms with E-state index < -0.39 is 10.0 Å². The molecule has 3 nitrogen and oxygen atoms in total. The summed E-state index contributed by atoms with van der Waals surface area (Å²) in [5, 5.41) is 0.835. The van der Waals surface area contributed by atoms with Gasteiger partial charge in [-0.05, 0) is 6.92 Å². The maximum atomic E-state index is 10.5. The summed E-state index contributed by atoms with van der Waals surface area (Å²) in [6, 6.07) is 0. The van der Waals surface area contributed by atoms with Gasteiger partial charge in [0.05, 0.1) is 0 Å². The Morgan fingerprint density at radius 3 is 2.22 bits per heavy atom. The number of nitrogens with one attached hydrogen (secondary N) is 1. The van der Waals surface area contributed by atoms with Crippen LogP contribution in [0.15, 0.2) is 24.3 Å². The van der Waals surface area contributed by atoms with E-state index in [0.717, 1.165) is 5.41 Å². The Hall–Kier alpha value is -0.770. The number of rotatable bonds is 3. The zero-order valence-electron chi connectivity index (χ0n) is 5.22. The third-order valence-corrected chi connectivity index (χ3v) is 1.61. The molecule has 0 aliphatic carbocycles. The Kier molecular flexibility index (Phi) is 2.45. The first-order valence-corrected chi connectivity index (χ1v) is 3.83. The molecule has 0 fully saturated rings. The molecule has 0 aromatic carbocycles. The molecular weight excluding hydrogens is 138 g/mol. The molecule has 0 aromatic rings. The van der Waals surface area contributed by atoms with Gasteiger partial charge in [0.1, 0.15) is 0 Å². The van der Waals surface area contributed by atoms with Crippen molar-refractivity contribution in [3.05, 3.63) is 24.3 Å². The Labute approximate surface area is 55.1 Å². The van der Waals surface area contributed by atoms with E-state index >= 15 is 0 Å². The van der Waals surface area contributed by atoms with Gasteiger partial charge in [-0.25, -0.2) is 8.42 Å². The molecule has 0 amide bonds. The summed E-state index contributed by atoms with van der Waals surface area (Å²) in [6.07, 6.45) is 0. The highest BCUT2D eigenvalue weighted by Gasteiger charge is 1.99. The van der Waals surface area contributed by atoms with Crippen molar-refractivity contribution in [3.63, 3.8) is 0 Å². The Morgan fingerprint density at radius 1 is 1.67 bits per heavy atom. The quantitative estimate of drug-likeness (QED) is 0.634. The van der Waals surface area contributed by atoms with Crippen molar-refractivity contribution in [2.24, 2.45) is 0 Å². The second-order valence-electron chi connectivity index (χ2n) is 1.59. The predicted molar refractivity (Wildman–Crippen MR) is 37.1 cm³/mol. The fourth-order valence-electron chi connectivity index (χ4n) is 0.285. The highest BCUT2D eigenvalue weighted by atomic mass is 32.2. The van der Waals surface area contributed by atoms with Crippen molar-refractivity contribution in [1.29, 1.82) is 0 Å². The van der Waals surface area contributed by atoms with Gasteiger partial charge in [0.15, 0.2) is 0 Å². The van der Waals surface area contributed by atoms with E-state index in [-0.39, 0.29) is 0 Å². The van der Waals surface area contributed by atoms with E-state index in [1.54, 1.807) is 6.92 Å². The zero-order chi connectivity index (χ0) is 7.49. The van der Waals surface area contributed by atoms with E-state index in [1.165, 1.54) is 0 Å². The summed E-state index contributed by atoms with van der Waals surface area (Å²) in [6.45, 7) is 8.00. The summed E-state index contributed by atoms with van der Waals surface area (Å²) >= 11 is 0. The lowest BCUT2D eigenvalue weighted by atomic mass is 10.6. The molecule has 0 unspecified atom stereocenters. The monoisotopic (exact) mass is 147 g/mol. The molecule has 4 heteroatoms. The predicted octanol–water partition coefficient (Wildman–Crippen LogP) is 0.583. The van der Waals surface area contributed by atoms with Crippen LogP contribution in [0.25, 0.3) is 0 Å². The number of hydrogen-bond donors (Lipinski definition) is 1. The highest BCUT2D eigenvalue weighted by Crippen LogP contribution is 1.87.